The highest BCUT2D eigenvalue weighted by Crippen LogP contribution is 2.35. The predicted molar refractivity (Wildman–Crippen MR) is 93.0 cm³/mol. The molecule has 0 spiro atoms. The minimum Gasteiger partial charge on any atom is -0.355 e. The van der Waals surface area contributed by atoms with E-state index in [0.29, 0.717) is 6.54 Å². The number of carbonyl (C=O) groups excluding carboxylic acids is 1. The summed E-state index contributed by atoms with van der Waals surface area (Å²) in [7, 11) is 1.89. The van der Waals surface area contributed by atoms with Crippen molar-refractivity contribution in [3.8, 4) is 0 Å². The van der Waals surface area contributed by atoms with Crippen LogP contribution < -0.4 is 10.6 Å². The number of hydrogen-bond donors (Lipinski definition) is 2. The third kappa shape index (κ3) is 5.69. The molecule has 2 aromatic carbocycles. The molecular weight excluding hydrogens is 311 g/mol. The third-order valence-electron chi connectivity index (χ3n) is 3.31. The molecule has 0 aliphatic rings. The SMILES string of the molecule is CNCCCNC(=O)C(Sc1ccc(F)cc1)c1ccccc1. The molecule has 2 aromatic rings. The van der Waals surface area contributed by atoms with Crippen LogP contribution in [-0.4, -0.2) is 26.0 Å². The van der Waals surface area contributed by atoms with E-state index in [-0.39, 0.29) is 17.0 Å². The highest BCUT2D eigenvalue weighted by Gasteiger charge is 2.21. The van der Waals surface area contributed by atoms with Gasteiger partial charge in [0.25, 0.3) is 0 Å². The van der Waals surface area contributed by atoms with E-state index in [2.05, 4.69) is 10.6 Å². The van der Waals surface area contributed by atoms with Crippen molar-refractivity contribution in [2.24, 2.45) is 0 Å². The fourth-order valence-corrected chi connectivity index (χ4v) is 3.17. The van der Waals surface area contributed by atoms with E-state index in [9.17, 15) is 9.18 Å². The van der Waals surface area contributed by atoms with Crippen LogP contribution in [0.25, 0.3) is 0 Å². The molecule has 3 nitrogen and oxygen atoms in total. The standard InChI is InChI=1S/C18H21FN2OS/c1-20-12-5-13-21-18(22)17(14-6-3-2-4-7-14)23-16-10-8-15(19)9-11-16/h2-4,6-11,17,20H,5,12-13H2,1H3,(H,21,22). The fourth-order valence-electron chi connectivity index (χ4n) is 2.12. The summed E-state index contributed by atoms with van der Waals surface area (Å²) >= 11 is 1.43. The summed E-state index contributed by atoms with van der Waals surface area (Å²) in [6.07, 6.45) is 0.880. The van der Waals surface area contributed by atoms with Gasteiger partial charge in [0.15, 0.2) is 0 Å². The molecule has 0 heterocycles. The van der Waals surface area contributed by atoms with Crippen LogP contribution >= 0.6 is 11.8 Å². The molecule has 1 unspecified atom stereocenters. The van der Waals surface area contributed by atoms with Crippen molar-refractivity contribution in [2.45, 2.75) is 16.6 Å². The van der Waals surface area contributed by atoms with Crippen LogP contribution in [0.1, 0.15) is 17.2 Å². The summed E-state index contributed by atoms with van der Waals surface area (Å²) in [5.74, 6) is -0.302. The molecule has 2 N–H and O–H groups in total. The molecule has 2 rings (SSSR count). The van der Waals surface area contributed by atoms with Crippen molar-refractivity contribution < 1.29 is 9.18 Å². The van der Waals surface area contributed by atoms with Gasteiger partial charge in [-0.2, -0.15) is 0 Å². The first-order valence-electron chi connectivity index (χ1n) is 7.60. The van der Waals surface area contributed by atoms with Gasteiger partial charge in [-0.15, -0.1) is 11.8 Å². The second-order valence-corrected chi connectivity index (χ2v) is 6.29. The number of halogens is 1. The molecule has 0 aliphatic carbocycles. The van der Waals surface area contributed by atoms with Crippen LogP contribution in [-0.2, 0) is 4.79 Å². The quantitative estimate of drug-likeness (QED) is 0.575. The minimum absolute atomic E-state index is 0.0263. The maximum atomic E-state index is 13.1. The van der Waals surface area contributed by atoms with E-state index >= 15 is 0 Å². The van der Waals surface area contributed by atoms with Gasteiger partial charge >= 0.3 is 0 Å². The highest BCUT2D eigenvalue weighted by atomic mass is 32.2. The normalized spacial score (nSPS) is 11.9. The van der Waals surface area contributed by atoms with Crippen LogP contribution in [0.15, 0.2) is 59.5 Å². The lowest BCUT2D eigenvalue weighted by molar-refractivity contribution is -0.120. The number of thioether (sulfide) groups is 1. The Kier molecular flexibility index (Phi) is 7.10. The molecule has 0 fully saturated rings. The van der Waals surface area contributed by atoms with E-state index in [4.69, 9.17) is 0 Å². The Morgan fingerprint density at radius 3 is 2.43 bits per heavy atom. The van der Waals surface area contributed by atoms with E-state index in [1.165, 1.54) is 23.9 Å². The van der Waals surface area contributed by atoms with Gasteiger partial charge < -0.3 is 10.6 Å². The second kappa shape index (κ2) is 9.33. The molecule has 0 saturated carbocycles. The van der Waals surface area contributed by atoms with Crippen LogP contribution in [0.4, 0.5) is 4.39 Å². The van der Waals surface area contributed by atoms with Gasteiger partial charge in [0.2, 0.25) is 5.91 Å². The first-order valence-corrected chi connectivity index (χ1v) is 8.48. The van der Waals surface area contributed by atoms with E-state index in [0.717, 1.165) is 23.4 Å². The van der Waals surface area contributed by atoms with Crippen molar-refractivity contribution >= 4 is 17.7 Å². The lowest BCUT2D eigenvalue weighted by atomic mass is 10.1. The molecule has 0 bridgehead atoms. The summed E-state index contributed by atoms with van der Waals surface area (Å²) in [5, 5.41) is 5.68. The number of rotatable bonds is 8. The monoisotopic (exact) mass is 332 g/mol. The molecule has 0 saturated heterocycles. The van der Waals surface area contributed by atoms with E-state index < -0.39 is 0 Å². The van der Waals surface area contributed by atoms with Crippen molar-refractivity contribution in [1.82, 2.24) is 10.6 Å². The van der Waals surface area contributed by atoms with Crippen molar-refractivity contribution in [1.29, 1.82) is 0 Å². The van der Waals surface area contributed by atoms with Gasteiger partial charge in [0.1, 0.15) is 11.1 Å². The first-order chi connectivity index (χ1) is 11.2. The predicted octanol–water partition coefficient (Wildman–Crippen LogP) is 3.38. The Hall–Kier alpha value is -1.85. The molecule has 0 aromatic heterocycles. The third-order valence-corrected chi connectivity index (χ3v) is 4.58. The summed E-state index contributed by atoms with van der Waals surface area (Å²) < 4.78 is 13.1. The first kappa shape index (κ1) is 17.5. The van der Waals surface area contributed by atoms with Crippen molar-refractivity contribution in [3.05, 3.63) is 66.0 Å². The fraction of sp³-hybridized carbons (Fsp3) is 0.278. The number of nitrogens with one attached hydrogen (secondary N) is 2. The zero-order valence-electron chi connectivity index (χ0n) is 13.1. The maximum Gasteiger partial charge on any atom is 0.237 e. The van der Waals surface area contributed by atoms with Crippen molar-refractivity contribution in [3.63, 3.8) is 0 Å². The van der Waals surface area contributed by atoms with Gasteiger partial charge in [-0.25, -0.2) is 4.39 Å². The molecule has 0 aliphatic heterocycles. The summed E-state index contributed by atoms with van der Waals surface area (Å²) in [4.78, 5) is 13.4. The Morgan fingerprint density at radius 2 is 1.78 bits per heavy atom. The number of hydrogen-bond acceptors (Lipinski definition) is 3. The lowest BCUT2D eigenvalue weighted by Gasteiger charge is -2.17. The van der Waals surface area contributed by atoms with Crippen LogP contribution in [0, 0.1) is 5.82 Å². The molecule has 5 heteroatoms. The molecule has 23 heavy (non-hydrogen) atoms. The van der Waals surface area contributed by atoms with Gasteiger partial charge in [-0.3, -0.25) is 4.79 Å². The van der Waals surface area contributed by atoms with E-state index in [1.807, 2.05) is 37.4 Å². The molecule has 122 valence electrons. The molecule has 1 atom stereocenters. The molecule has 0 radical (unpaired) electrons. The maximum absolute atomic E-state index is 13.1. The smallest absolute Gasteiger partial charge is 0.237 e. The topological polar surface area (TPSA) is 41.1 Å². The summed E-state index contributed by atoms with van der Waals surface area (Å²) in [5.41, 5.74) is 0.938. The average molecular weight is 332 g/mol. The van der Waals surface area contributed by atoms with Crippen molar-refractivity contribution in [2.75, 3.05) is 20.1 Å². The Labute approximate surface area is 140 Å². The second-order valence-electron chi connectivity index (χ2n) is 5.11. The summed E-state index contributed by atoms with van der Waals surface area (Å²) in [6.45, 7) is 1.49. The zero-order chi connectivity index (χ0) is 16.5. The Balaban J connectivity index is 2.08. The molecule has 1 amide bonds. The summed E-state index contributed by atoms with van der Waals surface area (Å²) in [6, 6.07) is 15.9. The van der Waals surface area contributed by atoms with E-state index in [1.54, 1.807) is 12.1 Å². The van der Waals surface area contributed by atoms with Gasteiger partial charge in [-0.1, -0.05) is 30.3 Å². The van der Waals surface area contributed by atoms with Gasteiger partial charge in [0.05, 0.1) is 0 Å². The largest absolute Gasteiger partial charge is 0.355 e. The Bertz CT molecular complexity index is 604. The van der Waals surface area contributed by atoms with Crippen LogP contribution in [0.2, 0.25) is 0 Å². The lowest BCUT2D eigenvalue weighted by Crippen LogP contribution is -2.30. The van der Waals surface area contributed by atoms with Crippen LogP contribution in [0.3, 0.4) is 0 Å². The van der Waals surface area contributed by atoms with Crippen LogP contribution in [0.5, 0.6) is 0 Å². The minimum atomic E-state index is -0.351. The Morgan fingerprint density at radius 1 is 1.09 bits per heavy atom. The number of benzene rings is 2. The van der Waals surface area contributed by atoms with Gasteiger partial charge in [0, 0.05) is 11.4 Å². The number of carbonyl (C=O) groups is 1. The average Bonchev–Trinajstić information content (AvgIpc) is 2.59. The number of amides is 1. The zero-order valence-corrected chi connectivity index (χ0v) is 13.9. The molecular formula is C18H21FN2OS. The van der Waals surface area contributed by atoms with Gasteiger partial charge in [-0.05, 0) is 49.8 Å². The highest BCUT2D eigenvalue weighted by molar-refractivity contribution is 8.00.